The second kappa shape index (κ2) is 8.68. The minimum atomic E-state index is 0.741. The maximum Gasteiger partial charge on any atom is 0.0230 e. The lowest BCUT2D eigenvalue weighted by molar-refractivity contribution is 0.318. The molecule has 0 unspecified atom stereocenters. The molecule has 0 aliphatic carbocycles. The first kappa shape index (κ1) is 15.7. The van der Waals surface area contributed by atoms with Gasteiger partial charge in [-0.25, -0.2) is 0 Å². The maximum absolute atomic E-state index is 3.48. The Morgan fingerprint density at radius 1 is 1.22 bits per heavy atom. The van der Waals surface area contributed by atoms with Gasteiger partial charge in [-0.1, -0.05) is 41.9 Å². The molecule has 0 amide bonds. The second-order valence-electron chi connectivity index (χ2n) is 5.32. The number of halogens is 1. The van der Waals surface area contributed by atoms with E-state index in [1.807, 2.05) is 0 Å². The minimum Gasteiger partial charge on any atom is -0.316 e. The average molecular weight is 313 g/mol. The molecule has 1 N–H and O–H groups in total. The topological polar surface area (TPSA) is 15.3 Å². The van der Waals surface area contributed by atoms with Gasteiger partial charge in [0.05, 0.1) is 0 Å². The van der Waals surface area contributed by atoms with Crippen molar-refractivity contribution in [1.82, 2.24) is 10.2 Å². The van der Waals surface area contributed by atoms with Crippen LogP contribution in [0.5, 0.6) is 0 Å². The van der Waals surface area contributed by atoms with Crippen molar-refractivity contribution in [3.8, 4) is 0 Å². The van der Waals surface area contributed by atoms with E-state index in [1.165, 1.54) is 12.0 Å². The van der Waals surface area contributed by atoms with Gasteiger partial charge in [0, 0.05) is 11.0 Å². The van der Waals surface area contributed by atoms with Gasteiger partial charge in [-0.05, 0) is 56.7 Å². The van der Waals surface area contributed by atoms with Gasteiger partial charge in [0.2, 0.25) is 0 Å². The molecule has 3 heteroatoms. The summed E-state index contributed by atoms with van der Waals surface area (Å²) in [6, 6.07) is 8.57. The molecule has 0 aromatic heterocycles. The van der Waals surface area contributed by atoms with E-state index in [4.69, 9.17) is 0 Å². The summed E-state index contributed by atoms with van der Waals surface area (Å²) in [7, 11) is 2.19. The zero-order valence-corrected chi connectivity index (χ0v) is 13.3. The molecule has 0 radical (unpaired) electrons. The lowest BCUT2D eigenvalue weighted by Crippen LogP contribution is -2.25. The predicted octanol–water partition coefficient (Wildman–Crippen LogP) is 3.52. The highest BCUT2D eigenvalue weighted by molar-refractivity contribution is 9.10. The zero-order valence-electron chi connectivity index (χ0n) is 11.7. The van der Waals surface area contributed by atoms with Gasteiger partial charge in [-0.3, -0.25) is 0 Å². The first-order chi connectivity index (χ1) is 8.58. The normalized spacial score (nSPS) is 11.4. The summed E-state index contributed by atoms with van der Waals surface area (Å²) >= 11 is 3.46. The minimum absolute atomic E-state index is 0.741. The molecule has 0 saturated heterocycles. The molecule has 0 saturated carbocycles. The van der Waals surface area contributed by atoms with E-state index in [-0.39, 0.29) is 0 Å². The summed E-state index contributed by atoms with van der Waals surface area (Å²) in [6.07, 6.45) is 1.21. The Bertz CT molecular complexity index is 322. The molecule has 0 bridgehead atoms. The van der Waals surface area contributed by atoms with Gasteiger partial charge in [0.15, 0.2) is 0 Å². The van der Waals surface area contributed by atoms with Gasteiger partial charge in [-0.2, -0.15) is 0 Å². The zero-order chi connectivity index (χ0) is 13.4. The van der Waals surface area contributed by atoms with Gasteiger partial charge in [-0.15, -0.1) is 0 Å². The van der Waals surface area contributed by atoms with Crippen LogP contribution in [0.25, 0.3) is 0 Å². The lowest BCUT2D eigenvalue weighted by Gasteiger charge is -2.17. The summed E-state index contributed by atoms with van der Waals surface area (Å²) < 4.78 is 1.15. The fraction of sp³-hybridized carbons (Fsp3) is 0.600. The van der Waals surface area contributed by atoms with Gasteiger partial charge >= 0.3 is 0 Å². The Hall–Kier alpha value is -0.380. The smallest absolute Gasteiger partial charge is 0.0230 e. The summed E-state index contributed by atoms with van der Waals surface area (Å²) in [5, 5.41) is 3.48. The number of benzene rings is 1. The molecule has 1 rings (SSSR count). The predicted molar refractivity (Wildman–Crippen MR) is 82.8 cm³/mol. The Kier molecular flexibility index (Phi) is 7.56. The van der Waals surface area contributed by atoms with Crippen molar-refractivity contribution < 1.29 is 0 Å². The number of hydrogen-bond acceptors (Lipinski definition) is 2. The molecule has 0 aliphatic rings. The molecule has 0 fully saturated rings. The van der Waals surface area contributed by atoms with Gasteiger partial charge in [0.25, 0.3) is 0 Å². The number of nitrogens with zero attached hydrogens (tertiary/aromatic N) is 1. The van der Waals surface area contributed by atoms with Crippen LogP contribution in [0.2, 0.25) is 0 Å². The number of nitrogens with one attached hydrogen (secondary N) is 1. The van der Waals surface area contributed by atoms with Crippen molar-refractivity contribution >= 4 is 15.9 Å². The molecule has 0 heterocycles. The highest BCUT2D eigenvalue weighted by atomic mass is 79.9. The van der Waals surface area contributed by atoms with Crippen molar-refractivity contribution in [2.45, 2.75) is 26.8 Å². The van der Waals surface area contributed by atoms with Crippen LogP contribution in [-0.2, 0) is 6.54 Å². The Labute approximate surface area is 120 Å². The fourth-order valence-electron chi connectivity index (χ4n) is 1.85. The molecule has 1 aromatic carbocycles. The van der Waals surface area contributed by atoms with Crippen LogP contribution in [0.15, 0.2) is 28.7 Å². The number of hydrogen-bond donors (Lipinski definition) is 1. The maximum atomic E-state index is 3.48. The van der Waals surface area contributed by atoms with E-state index in [2.05, 4.69) is 71.3 Å². The van der Waals surface area contributed by atoms with Crippen molar-refractivity contribution in [2.75, 3.05) is 26.7 Å². The first-order valence-corrected chi connectivity index (χ1v) is 7.51. The second-order valence-corrected chi connectivity index (χ2v) is 6.23. The first-order valence-electron chi connectivity index (χ1n) is 6.71. The molecule has 1 aromatic rings. The number of rotatable bonds is 8. The van der Waals surface area contributed by atoms with Gasteiger partial charge < -0.3 is 10.2 Å². The van der Waals surface area contributed by atoms with Crippen molar-refractivity contribution in [1.29, 1.82) is 0 Å². The molecule has 102 valence electrons. The van der Waals surface area contributed by atoms with Crippen LogP contribution in [0.1, 0.15) is 25.8 Å². The van der Waals surface area contributed by atoms with Crippen LogP contribution < -0.4 is 5.32 Å². The third kappa shape index (κ3) is 7.14. The summed E-state index contributed by atoms with van der Waals surface area (Å²) in [5.41, 5.74) is 1.37. The van der Waals surface area contributed by atoms with Crippen LogP contribution >= 0.6 is 15.9 Å². The lowest BCUT2D eigenvalue weighted by atomic mass is 10.2. The van der Waals surface area contributed by atoms with E-state index in [1.54, 1.807) is 0 Å². The monoisotopic (exact) mass is 312 g/mol. The summed E-state index contributed by atoms with van der Waals surface area (Å²) in [6.45, 7) is 8.89. The molecular weight excluding hydrogens is 288 g/mol. The fourth-order valence-corrected chi connectivity index (χ4v) is 2.11. The van der Waals surface area contributed by atoms with Crippen LogP contribution in [-0.4, -0.2) is 31.6 Å². The van der Waals surface area contributed by atoms with E-state index < -0.39 is 0 Å². The van der Waals surface area contributed by atoms with Crippen LogP contribution in [0.4, 0.5) is 0 Å². The highest BCUT2D eigenvalue weighted by Gasteiger charge is 2.00. The van der Waals surface area contributed by atoms with Crippen LogP contribution in [0.3, 0.4) is 0 Å². The molecular formula is C15H25BrN2. The Balaban J connectivity index is 2.13. The van der Waals surface area contributed by atoms with E-state index >= 15 is 0 Å². The molecule has 2 nitrogen and oxygen atoms in total. The quantitative estimate of drug-likeness (QED) is 0.739. The van der Waals surface area contributed by atoms with Crippen LogP contribution in [0, 0.1) is 5.92 Å². The Morgan fingerprint density at radius 2 is 1.89 bits per heavy atom. The highest BCUT2D eigenvalue weighted by Crippen LogP contribution is 2.11. The van der Waals surface area contributed by atoms with Crippen molar-refractivity contribution in [3.63, 3.8) is 0 Å². The third-order valence-corrected chi connectivity index (χ3v) is 3.34. The van der Waals surface area contributed by atoms with Gasteiger partial charge in [0.1, 0.15) is 0 Å². The summed E-state index contributed by atoms with van der Waals surface area (Å²) in [5.74, 6) is 0.741. The molecule has 0 atom stereocenters. The molecule has 0 spiro atoms. The van der Waals surface area contributed by atoms with Crippen molar-refractivity contribution in [3.05, 3.63) is 34.3 Å². The van der Waals surface area contributed by atoms with E-state index in [0.29, 0.717) is 0 Å². The largest absolute Gasteiger partial charge is 0.316 e. The molecule has 0 aliphatic heterocycles. The van der Waals surface area contributed by atoms with Crippen molar-refractivity contribution in [2.24, 2.45) is 5.92 Å². The summed E-state index contributed by atoms with van der Waals surface area (Å²) in [4.78, 5) is 2.38. The SMILES string of the molecule is CC(C)CNCCCN(C)Cc1ccc(Br)cc1. The average Bonchev–Trinajstić information content (AvgIpc) is 2.31. The van der Waals surface area contributed by atoms with E-state index in [9.17, 15) is 0 Å². The van der Waals surface area contributed by atoms with E-state index in [0.717, 1.165) is 36.6 Å². The third-order valence-electron chi connectivity index (χ3n) is 2.81. The Morgan fingerprint density at radius 3 is 2.50 bits per heavy atom. The molecule has 18 heavy (non-hydrogen) atoms. The standard InChI is InChI=1S/C15H25BrN2/c1-13(2)11-17-9-4-10-18(3)12-14-5-7-15(16)8-6-14/h5-8,13,17H,4,9-12H2,1-3H3.